The Bertz CT molecular complexity index is 538. The van der Waals surface area contributed by atoms with Gasteiger partial charge in [-0.3, -0.25) is 4.79 Å². The number of hydrogen-bond acceptors (Lipinski definition) is 5. The summed E-state index contributed by atoms with van der Waals surface area (Å²) in [5.41, 5.74) is 0. The molecule has 3 rings (SSSR count). The predicted molar refractivity (Wildman–Crippen MR) is 120 cm³/mol. The van der Waals surface area contributed by atoms with Crippen LogP contribution in [-0.4, -0.2) is 66.1 Å². The van der Waals surface area contributed by atoms with E-state index in [1.54, 1.807) is 0 Å². The fourth-order valence-electron chi connectivity index (χ4n) is 3.70. The van der Waals surface area contributed by atoms with Crippen LogP contribution in [0.5, 0.6) is 0 Å². The van der Waals surface area contributed by atoms with Crippen LogP contribution in [0.2, 0.25) is 0 Å². The van der Waals surface area contributed by atoms with Crippen LogP contribution in [0.15, 0.2) is 24.4 Å². The normalized spacial score (nSPS) is 20.3. The monoisotopic (exact) mass is 434 g/mol. The zero-order chi connectivity index (χ0) is 17.5. The van der Waals surface area contributed by atoms with Crippen molar-refractivity contribution >= 4 is 48.3 Å². The van der Waals surface area contributed by atoms with E-state index in [1.165, 1.54) is 0 Å². The lowest BCUT2D eigenvalue weighted by Crippen LogP contribution is -2.45. The molecule has 2 fully saturated rings. The first-order valence-corrected chi connectivity index (χ1v) is 10.7. The fourth-order valence-corrected chi connectivity index (χ4v) is 4.64. The molecule has 1 N–H and O–H groups in total. The van der Waals surface area contributed by atoms with Gasteiger partial charge in [-0.1, -0.05) is 6.07 Å². The molecule has 1 atom stereocenters. The number of anilines is 1. The Morgan fingerprint density at radius 3 is 2.70 bits per heavy atom. The molecule has 0 aromatic carbocycles. The average Bonchev–Trinajstić information content (AvgIpc) is 2.68. The van der Waals surface area contributed by atoms with Crippen LogP contribution in [0.1, 0.15) is 26.2 Å². The molecule has 1 aromatic heterocycles. The molecule has 0 aliphatic carbocycles. The second kappa shape index (κ2) is 12.7. The zero-order valence-corrected chi connectivity index (χ0v) is 18.5. The maximum Gasteiger partial charge on any atom is 0.224 e. The summed E-state index contributed by atoms with van der Waals surface area (Å²) in [6.45, 7) is 6.93. The molecule has 2 saturated heterocycles. The molecule has 0 radical (unpaired) electrons. The number of nitrogens with zero attached hydrogens (tertiary/aromatic N) is 3. The van der Waals surface area contributed by atoms with Gasteiger partial charge in [0.1, 0.15) is 5.82 Å². The number of aromatic nitrogens is 1. The molecular formula is C19H32Cl2N4OS. The van der Waals surface area contributed by atoms with Gasteiger partial charge in [0.25, 0.3) is 0 Å². The number of nitrogens with one attached hydrogen (secondary N) is 1. The third-order valence-corrected chi connectivity index (χ3v) is 6.35. The fraction of sp³-hybridized carbons (Fsp3) is 0.684. The van der Waals surface area contributed by atoms with E-state index in [2.05, 4.69) is 33.1 Å². The standard InChI is InChI=1S/C19H30N4OS.2ClH/c1-2-22(19(24)13-17-15-25-12-9-20-17)14-16-6-10-23(11-7-16)18-5-3-4-8-21-18;;/h3-5,8,16-17,20H,2,6-7,9-15H2,1H3;2*1H. The molecule has 0 bridgehead atoms. The lowest BCUT2D eigenvalue weighted by molar-refractivity contribution is -0.132. The van der Waals surface area contributed by atoms with Crippen molar-refractivity contribution in [2.45, 2.75) is 32.2 Å². The summed E-state index contributed by atoms with van der Waals surface area (Å²) in [7, 11) is 0. The highest BCUT2D eigenvalue weighted by Gasteiger charge is 2.25. The summed E-state index contributed by atoms with van der Waals surface area (Å²) in [5.74, 6) is 4.22. The number of thioether (sulfide) groups is 1. The van der Waals surface area contributed by atoms with Crippen molar-refractivity contribution in [2.75, 3.05) is 49.1 Å². The summed E-state index contributed by atoms with van der Waals surface area (Å²) >= 11 is 1.95. The third-order valence-electron chi connectivity index (χ3n) is 5.22. The Balaban J connectivity index is 0.00000182. The molecular weight excluding hydrogens is 403 g/mol. The van der Waals surface area contributed by atoms with Crippen LogP contribution in [0, 0.1) is 5.92 Å². The second-order valence-corrected chi connectivity index (χ2v) is 8.13. The number of carbonyl (C=O) groups excluding carboxylic acids is 1. The molecule has 0 saturated carbocycles. The van der Waals surface area contributed by atoms with Gasteiger partial charge >= 0.3 is 0 Å². The Morgan fingerprint density at radius 1 is 1.33 bits per heavy atom. The average molecular weight is 435 g/mol. The van der Waals surface area contributed by atoms with Gasteiger partial charge in [0.15, 0.2) is 0 Å². The SMILES string of the molecule is CCN(CC1CCN(c2ccccn2)CC1)C(=O)CC1CSCCN1.Cl.Cl. The Hall–Kier alpha value is -0.690. The van der Waals surface area contributed by atoms with Crippen LogP contribution in [-0.2, 0) is 4.79 Å². The van der Waals surface area contributed by atoms with Gasteiger partial charge in [-0.05, 0) is 37.8 Å². The maximum absolute atomic E-state index is 12.7. The summed E-state index contributed by atoms with van der Waals surface area (Å²) in [6, 6.07) is 6.44. The van der Waals surface area contributed by atoms with E-state index in [1.807, 2.05) is 30.1 Å². The highest BCUT2D eigenvalue weighted by Crippen LogP contribution is 2.23. The van der Waals surface area contributed by atoms with Crippen molar-refractivity contribution in [1.82, 2.24) is 15.2 Å². The number of carbonyl (C=O) groups is 1. The lowest BCUT2D eigenvalue weighted by atomic mass is 9.96. The molecule has 5 nitrogen and oxygen atoms in total. The van der Waals surface area contributed by atoms with E-state index in [0.29, 0.717) is 24.3 Å². The molecule has 1 amide bonds. The van der Waals surface area contributed by atoms with E-state index in [-0.39, 0.29) is 24.8 Å². The minimum absolute atomic E-state index is 0. The Morgan fingerprint density at radius 2 is 2.11 bits per heavy atom. The van der Waals surface area contributed by atoms with Crippen molar-refractivity contribution in [2.24, 2.45) is 5.92 Å². The van der Waals surface area contributed by atoms with Gasteiger partial charge in [-0.2, -0.15) is 11.8 Å². The third kappa shape index (κ3) is 7.33. The van der Waals surface area contributed by atoms with Crippen molar-refractivity contribution < 1.29 is 4.79 Å². The predicted octanol–water partition coefficient (Wildman–Crippen LogP) is 3.09. The number of piperidine rings is 1. The van der Waals surface area contributed by atoms with E-state index in [0.717, 1.165) is 62.9 Å². The van der Waals surface area contributed by atoms with Crippen LogP contribution in [0.3, 0.4) is 0 Å². The van der Waals surface area contributed by atoms with Crippen molar-refractivity contribution in [1.29, 1.82) is 0 Å². The smallest absolute Gasteiger partial charge is 0.224 e. The zero-order valence-electron chi connectivity index (χ0n) is 16.0. The van der Waals surface area contributed by atoms with Gasteiger partial charge in [-0.25, -0.2) is 4.98 Å². The number of amides is 1. The molecule has 27 heavy (non-hydrogen) atoms. The van der Waals surface area contributed by atoms with Crippen LogP contribution in [0.4, 0.5) is 5.82 Å². The molecule has 0 spiro atoms. The molecule has 154 valence electrons. The summed E-state index contributed by atoms with van der Waals surface area (Å²) in [4.78, 5) is 21.5. The van der Waals surface area contributed by atoms with Crippen molar-refractivity contribution in [3.05, 3.63) is 24.4 Å². The van der Waals surface area contributed by atoms with Gasteiger partial charge in [-0.15, -0.1) is 24.8 Å². The number of rotatable bonds is 6. The molecule has 3 heterocycles. The second-order valence-electron chi connectivity index (χ2n) is 6.98. The first-order valence-electron chi connectivity index (χ1n) is 9.51. The quantitative estimate of drug-likeness (QED) is 0.744. The van der Waals surface area contributed by atoms with E-state index >= 15 is 0 Å². The van der Waals surface area contributed by atoms with Gasteiger partial charge in [0, 0.05) is 62.9 Å². The first-order chi connectivity index (χ1) is 12.3. The van der Waals surface area contributed by atoms with Crippen molar-refractivity contribution in [3.63, 3.8) is 0 Å². The van der Waals surface area contributed by atoms with Crippen LogP contribution >= 0.6 is 36.6 Å². The maximum atomic E-state index is 12.7. The van der Waals surface area contributed by atoms with Gasteiger partial charge in [0.05, 0.1) is 0 Å². The summed E-state index contributed by atoms with van der Waals surface area (Å²) in [6.07, 6.45) is 4.78. The van der Waals surface area contributed by atoms with Crippen LogP contribution < -0.4 is 10.2 Å². The molecule has 2 aliphatic rings. The highest BCUT2D eigenvalue weighted by atomic mass is 35.5. The minimum atomic E-state index is 0. The minimum Gasteiger partial charge on any atom is -0.357 e. The molecule has 1 aromatic rings. The highest BCUT2D eigenvalue weighted by molar-refractivity contribution is 7.99. The first kappa shape index (κ1) is 24.3. The number of pyridine rings is 1. The summed E-state index contributed by atoms with van der Waals surface area (Å²) in [5, 5.41) is 3.47. The largest absolute Gasteiger partial charge is 0.357 e. The van der Waals surface area contributed by atoms with E-state index in [9.17, 15) is 4.79 Å². The molecule has 2 aliphatic heterocycles. The molecule has 1 unspecified atom stereocenters. The number of hydrogen-bond donors (Lipinski definition) is 1. The Labute approximate surface area is 179 Å². The van der Waals surface area contributed by atoms with Crippen LogP contribution in [0.25, 0.3) is 0 Å². The van der Waals surface area contributed by atoms with Crippen molar-refractivity contribution in [3.8, 4) is 0 Å². The topological polar surface area (TPSA) is 48.5 Å². The van der Waals surface area contributed by atoms with Gasteiger partial charge in [0.2, 0.25) is 5.91 Å². The lowest BCUT2D eigenvalue weighted by Gasteiger charge is -2.35. The Kier molecular flexibility index (Phi) is 11.5. The van der Waals surface area contributed by atoms with E-state index in [4.69, 9.17) is 0 Å². The summed E-state index contributed by atoms with van der Waals surface area (Å²) < 4.78 is 0. The van der Waals surface area contributed by atoms with Gasteiger partial charge < -0.3 is 15.1 Å². The number of halogens is 2. The molecule has 8 heteroatoms. The van der Waals surface area contributed by atoms with E-state index < -0.39 is 0 Å².